The maximum absolute atomic E-state index is 13.4. The maximum atomic E-state index is 13.4. The van der Waals surface area contributed by atoms with E-state index >= 15 is 0 Å². The van der Waals surface area contributed by atoms with Gasteiger partial charge in [0, 0.05) is 58.2 Å². The summed E-state index contributed by atoms with van der Waals surface area (Å²) in [5.41, 5.74) is -0.254. The molecule has 17 nitrogen and oxygen atoms in total. The molecule has 1 aliphatic carbocycles. The molecule has 1 fully saturated rings. The first-order valence-electron chi connectivity index (χ1n) is 21.5. The largest absolute Gasteiger partial charge is 0.396 e. The van der Waals surface area contributed by atoms with Gasteiger partial charge in [-0.05, 0) is 104 Å². The van der Waals surface area contributed by atoms with Crippen LogP contribution in [0.3, 0.4) is 0 Å². The molecular formula is C41H76N6O11. The zero-order valence-electron chi connectivity index (χ0n) is 35.4. The van der Waals surface area contributed by atoms with Crippen LogP contribution in [0.15, 0.2) is 0 Å². The summed E-state index contributed by atoms with van der Waals surface area (Å²) in [6.07, 6.45) is 9.34. The lowest BCUT2D eigenvalue weighted by Crippen LogP contribution is -2.56. The van der Waals surface area contributed by atoms with Gasteiger partial charge in [-0.15, -0.1) is 0 Å². The van der Waals surface area contributed by atoms with Crippen LogP contribution in [0.1, 0.15) is 136 Å². The van der Waals surface area contributed by atoms with Gasteiger partial charge >= 0.3 is 0 Å². The number of rotatable bonds is 32. The number of hydrogen-bond acceptors (Lipinski definition) is 11. The van der Waals surface area contributed by atoms with Crippen molar-refractivity contribution in [2.45, 2.75) is 160 Å². The predicted molar refractivity (Wildman–Crippen MR) is 219 cm³/mol. The highest BCUT2D eigenvalue weighted by atomic mass is 16.5. The molecule has 0 aromatic heterocycles. The molecule has 0 aromatic rings. The summed E-state index contributed by atoms with van der Waals surface area (Å²) in [4.78, 5) is 78.8. The van der Waals surface area contributed by atoms with Crippen molar-refractivity contribution in [3.63, 3.8) is 0 Å². The number of amides is 6. The van der Waals surface area contributed by atoms with E-state index in [1.54, 1.807) is 0 Å². The standard InChI is InChI=1S/C41H76N6O11/c1-41(2,3)58-29-30-14-16-31(17-15-30)37(54)47-34(28-51)40(57)46-33(39(56)44-24-10-13-27-50)19-21-36(53)45-32(38(55)43-23-9-5-7-12-26-49)18-20-35(52)42-22-8-4-6-11-25-48/h30-34,48-51H,4-29H2,1-3H3,(H,42,52)(H,43,55)(H,44,56)(H,45,53)(H,46,57)(H,47,54)/t30?,31?,32?,33?,34-/m1/s1. The first-order chi connectivity index (χ1) is 27.7. The van der Waals surface area contributed by atoms with E-state index < -0.39 is 48.4 Å². The number of carbonyl (C=O) groups excluding carboxylic acids is 6. The van der Waals surface area contributed by atoms with Crippen LogP contribution in [0, 0.1) is 11.8 Å². The topological polar surface area (TPSA) is 265 Å². The van der Waals surface area contributed by atoms with Crippen molar-refractivity contribution in [2.75, 3.05) is 52.7 Å². The minimum absolute atomic E-state index is 0.0220. The number of nitrogens with one attached hydrogen (secondary N) is 6. The summed E-state index contributed by atoms with van der Waals surface area (Å²) in [5.74, 6) is -3.10. The molecule has 1 aliphatic rings. The Kier molecular flexibility index (Phi) is 28.6. The molecule has 0 aromatic carbocycles. The van der Waals surface area contributed by atoms with Crippen LogP contribution in [-0.4, -0.2) is 132 Å². The molecule has 3 atom stereocenters. The molecule has 17 heteroatoms. The Labute approximate surface area is 345 Å². The van der Waals surface area contributed by atoms with Crippen molar-refractivity contribution >= 4 is 35.4 Å². The van der Waals surface area contributed by atoms with Crippen LogP contribution in [-0.2, 0) is 33.5 Å². The summed E-state index contributed by atoms with van der Waals surface area (Å²) in [6.45, 7) is 7.02. The maximum Gasteiger partial charge on any atom is 0.245 e. The molecule has 0 bridgehead atoms. The van der Waals surface area contributed by atoms with E-state index in [2.05, 4.69) is 31.9 Å². The number of carbonyl (C=O) groups is 6. The van der Waals surface area contributed by atoms with E-state index in [4.69, 9.17) is 20.1 Å². The van der Waals surface area contributed by atoms with Gasteiger partial charge in [-0.3, -0.25) is 28.8 Å². The van der Waals surface area contributed by atoms with Gasteiger partial charge in [0.1, 0.15) is 18.1 Å². The summed E-state index contributed by atoms with van der Waals surface area (Å²) in [7, 11) is 0. The van der Waals surface area contributed by atoms with E-state index in [0.717, 1.165) is 44.9 Å². The first-order valence-corrected chi connectivity index (χ1v) is 21.5. The van der Waals surface area contributed by atoms with E-state index in [9.17, 15) is 33.9 Å². The first kappa shape index (κ1) is 52.6. The fourth-order valence-electron chi connectivity index (χ4n) is 6.47. The summed E-state index contributed by atoms with van der Waals surface area (Å²) >= 11 is 0. The van der Waals surface area contributed by atoms with Gasteiger partial charge < -0.3 is 57.1 Å². The van der Waals surface area contributed by atoms with Crippen LogP contribution in [0.2, 0.25) is 0 Å². The van der Waals surface area contributed by atoms with Gasteiger partial charge in [0.15, 0.2) is 0 Å². The third-order valence-electron chi connectivity index (χ3n) is 10.1. The molecular weight excluding hydrogens is 752 g/mol. The minimum atomic E-state index is -1.34. The molecule has 0 aliphatic heterocycles. The Hall–Kier alpha value is -3.38. The van der Waals surface area contributed by atoms with Crippen LogP contribution < -0.4 is 31.9 Å². The van der Waals surface area contributed by atoms with Crippen LogP contribution in [0.4, 0.5) is 0 Å². The summed E-state index contributed by atoms with van der Waals surface area (Å²) in [5, 5.41) is 53.3. The Morgan fingerprint density at radius 1 is 0.552 bits per heavy atom. The molecule has 6 amide bonds. The van der Waals surface area contributed by atoms with Gasteiger partial charge in [0.2, 0.25) is 35.4 Å². The van der Waals surface area contributed by atoms with Crippen LogP contribution in [0.25, 0.3) is 0 Å². The smallest absolute Gasteiger partial charge is 0.245 e. The number of ether oxygens (including phenoxy) is 1. The van der Waals surface area contributed by atoms with Crippen molar-refractivity contribution < 1.29 is 53.9 Å². The average molecular weight is 829 g/mol. The lowest BCUT2D eigenvalue weighted by Gasteiger charge is -2.31. The van der Waals surface area contributed by atoms with Crippen LogP contribution >= 0.6 is 0 Å². The van der Waals surface area contributed by atoms with Gasteiger partial charge in [-0.1, -0.05) is 25.7 Å². The quantitative estimate of drug-likeness (QED) is 0.0425. The molecule has 336 valence electrons. The minimum Gasteiger partial charge on any atom is -0.396 e. The molecule has 0 saturated heterocycles. The third-order valence-corrected chi connectivity index (χ3v) is 10.1. The molecule has 58 heavy (non-hydrogen) atoms. The predicted octanol–water partition coefficient (Wildman–Crippen LogP) is 0.842. The Morgan fingerprint density at radius 3 is 1.53 bits per heavy atom. The second-order valence-corrected chi connectivity index (χ2v) is 16.3. The number of unbranched alkanes of at least 4 members (excludes halogenated alkanes) is 7. The van der Waals surface area contributed by atoms with Gasteiger partial charge in [-0.25, -0.2) is 0 Å². The van der Waals surface area contributed by atoms with E-state index in [1.807, 2.05) is 20.8 Å². The highest BCUT2D eigenvalue weighted by Gasteiger charge is 2.32. The zero-order chi connectivity index (χ0) is 43.2. The molecule has 2 unspecified atom stereocenters. The molecule has 1 rings (SSSR count). The van der Waals surface area contributed by atoms with Crippen molar-refractivity contribution in [1.82, 2.24) is 31.9 Å². The SMILES string of the molecule is CC(C)(C)OCC1CCC(C(=O)N[C@H](CO)C(=O)NC(CCC(=O)NC(CCC(=O)NCCCCCCO)C(=O)NCCCCCCO)C(=O)NCCCCO)CC1. The number of aliphatic hydroxyl groups excluding tert-OH is 4. The molecule has 10 N–H and O–H groups in total. The van der Waals surface area contributed by atoms with Gasteiger partial charge in [0.05, 0.1) is 18.8 Å². The van der Waals surface area contributed by atoms with E-state index in [1.165, 1.54) is 0 Å². The molecule has 0 heterocycles. The molecule has 0 spiro atoms. The Bertz CT molecular complexity index is 1190. The molecule has 1 saturated carbocycles. The van der Waals surface area contributed by atoms with Gasteiger partial charge in [-0.2, -0.15) is 0 Å². The summed E-state index contributed by atoms with van der Waals surface area (Å²) in [6, 6.07) is -3.61. The van der Waals surface area contributed by atoms with Crippen molar-refractivity contribution in [1.29, 1.82) is 0 Å². The lowest BCUT2D eigenvalue weighted by atomic mass is 9.82. The molecule has 0 radical (unpaired) electrons. The lowest BCUT2D eigenvalue weighted by molar-refractivity contribution is -0.135. The van der Waals surface area contributed by atoms with Crippen LogP contribution in [0.5, 0.6) is 0 Å². The van der Waals surface area contributed by atoms with Gasteiger partial charge in [0.25, 0.3) is 0 Å². The average Bonchev–Trinajstić information content (AvgIpc) is 3.19. The Balaban J connectivity index is 2.90. The second-order valence-electron chi connectivity index (χ2n) is 16.3. The fourth-order valence-corrected chi connectivity index (χ4v) is 6.47. The normalized spacial score (nSPS) is 17.0. The monoisotopic (exact) mass is 829 g/mol. The van der Waals surface area contributed by atoms with Crippen molar-refractivity contribution in [3.8, 4) is 0 Å². The Morgan fingerprint density at radius 2 is 1.02 bits per heavy atom. The summed E-state index contributed by atoms with van der Waals surface area (Å²) < 4.78 is 5.91. The highest BCUT2D eigenvalue weighted by molar-refractivity contribution is 5.93. The van der Waals surface area contributed by atoms with Crippen molar-refractivity contribution in [2.24, 2.45) is 11.8 Å². The van der Waals surface area contributed by atoms with Crippen molar-refractivity contribution in [3.05, 3.63) is 0 Å². The van der Waals surface area contributed by atoms with E-state index in [0.29, 0.717) is 70.6 Å². The van der Waals surface area contributed by atoms with E-state index in [-0.39, 0.29) is 75.4 Å². The third kappa shape index (κ3) is 25.2. The fraction of sp³-hybridized carbons (Fsp3) is 0.854. The number of aliphatic hydroxyl groups is 4. The zero-order valence-corrected chi connectivity index (χ0v) is 35.4. The highest BCUT2D eigenvalue weighted by Crippen LogP contribution is 2.30. The number of hydrogen-bond donors (Lipinski definition) is 10. The second kappa shape index (κ2) is 31.5.